The first-order chi connectivity index (χ1) is 11.7. The van der Waals surface area contributed by atoms with Gasteiger partial charge in [0.25, 0.3) is 0 Å². The van der Waals surface area contributed by atoms with E-state index in [-0.39, 0.29) is 19.0 Å². The summed E-state index contributed by atoms with van der Waals surface area (Å²) in [5.41, 5.74) is 0.638. The molecule has 0 radical (unpaired) electrons. The summed E-state index contributed by atoms with van der Waals surface area (Å²) in [6.45, 7) is 5.09. The van der Waals surface area contributed by atoms with Gasteiger partial charge >= 0.3 is 12.1 Å². The van der Waals surface area contributed by atoms with Crippen molar-refractivity contribution in [2.24, 2.45) is 0 Å². The number of piperazine rings is 1. The average molecular weight is 347 g/mol. The molecule has 2 aliphatic heterocycles. The van der Waals surface area contributed by atoms with Gasteiger partial charge in [0.1, 0.15) is 17.7 Å². The number of nitrogens with zero attached hydrogens (tertiary/aromatic N) is 2. The van der Waals surface area contributed by atoms with Gasteiger partial charge in [-0.05, 0) is 32.9 Å². The van der Waals surface area contributed by atoms with Crippen LogP contribution in [0.5, 0.6) is 0 Å². The van der Waals surface area contributed by atoms with Crippen LogP contribution < -0.4 is 10.2 Å². The monoisotopic (exact) mass is 347 g/mol. The first kappa shape index (κ1) is 17.1. The molecule has 1 fully saturated rings. The number of carboxylic acids is 1. The fourth-order valence-electron chi connectivity index (χ4n) is 3.09. The van der Waals surface area contributed by atoms with Gasteiger partial charge in [0.2, 0.25) is 5.91 Å². The highest BCUT2D eigenvalue weighted by molar-refractivity contribution is 6.04. The van der Waals surface area contributed by atoms with Gasteiger partial charge < -0.3 is 20.1 Å². The molecule has 2 heterocycles. The van der Waals surface area contributed by atoms with Crippen LogP contribution in [0.15, 0.2) is 24.3 Å². The maximum absolute atomic E-state index is 12.4. The number of aliphatic carboxylic acids is 1. The van der Waals surface area contributed by atoms with E-state index in [1.807, 2.05) is 12.1 Å². The third-order valence-electron chi connectivity index (χ3n) is 4.18. The summed E-state index contributed by atoms with van der Waals surface area (Å²) in [5.74, 6) is -1.40. The normalized spacial score (nSPS) is 22.6. The Morgan fingerprint density at radius 1 is 1.24 bits per heavy atom. The van der Waals surface area contributed by atoms with Crippen molar-refractivity contribution in [3.8, 4) is 0 Å². The fourth-order valence-corrected chi connectivity index (χ4v) is 3.09. The second-order valence-electron chi connectivity index (χ2n) is 7.16. The first-order valence-corrected chi connectivity index (χ1v) is 8.06. The lowest BCUT2D eigenvalue weighted by molar-refractivity contribution is -0.144. The van der Waals surface area contributed by atoms with Gasteiger partial charge in [-0.25, -0.2) is 9.59 Å². The Morgan fingerprint density at radius 2 is 1.92 bits per heavy atom. The van der Waals surface area contributed by atoms with Crippen LogP contribution in [0.1, 0.15) is 20.8 Å². The summed E-state index contributed by atoms with van der Waals surface area (Å²) in [7, 11) is 0. The number of carbonyl (C=O) groups excluding carboxylic acids is 2. The number of carboxylic acid groups (broad SMARTS) is 1. The number of rotatable bonds is 1. The molecule has 0 aromatic heterocycles. The molecule has 0 saturated carbocycles. The molecule has 25 heavy (non-hydrogen) atoms. The molecule has 2 amide bonds. The molecule has 134 valence electrons. The van der Waals surface area contributed by atoms with Crippen molar-refractivity contribution >= 4 is 29.3 Å². The van der Waals surface area contributed by atoms with Gasteiger partial charge in [-0.2, -0.15) is 0 Å². The zero-order valence-electron chi connectivity index (χ0n) is 14.4. The highest BCUT2D eigenvalue weighted by atomic mass is 16.6. The number of carbonyl (C=O) groups is 3. The minimum absolute atomic E-state index is 0.0175. The Balaban J connectivity index is 1.92. The highest BCUT2D eigenvalue weighted by Crippen LogP contribution is 2.35. The van der Waals surface area contributed by atoms with Crippen LogP contribution in [0.3, 0.4) is 0 Å². The molecule has 8 heteroatoms. The molecule has 1 aromatic carbocycles. The molecule has 2 aliphatic rings. The van der Waals surface area contributed by atoms with E-state index in [1.54, 1.807) is 37.8 Å². The Morgan fingerprint density at radius 3 is 2.56 bits per heavy atom. The average Bonchev–Trinajstić information content (AvgIpc) is 2.52. The van der Waals surface area contributed by atoms with E-state index in [2.05, 4.69) is 5.32 Å². The standard InChI is InChI=1S/C17H21N3O5/c1-17(2,3)25-16(24)20-8-12-14(21)18-10-6-4-5-7-11(10)19(12)9-13(20)15(22)23/h4-7,12-13H,8-9H2,1-3H3,(H,18,21)(H,22,23). The molecule has 2 N–H and O–H groups in total. The molecule has 2 unspecified atom stereocenters. The van der Waals surface area contributed by atoms with Crippen LogP contribution in [-0.4, -0.2) is 58.8 Å². The van der Waals surface area contributed by atoms with Crippen molar-refractivity contribution in [3.63, 3.8) is 0 Å². The number of benzene rings is 1. The number of anilines is 2. The van der Waals surface area contributed by atoms with Crippen molar-refractivity contribution in [2.75, 3.05) is 23.3 Å². The van der Waals surface area contributed by atoms with Gasteiger partial charge in [0, 0.05) is 0 Å². The van der Waals surface area contributed by atoms with E-state index in [0.29, 0.717) is 5.69 Å². The Bertz CT molecular complexity index is 727. The molecule has 3 rings (SSSR count). The van der Waals surface area contributed by atoms with Crippen LogP contribution >= 0.6 is 0 Å². The van der Waals surface area contributed by atoms with Crippen LogP contribution in [0.25, 0.3) is 0 Å². The summed E-state index contributed by atoms with van der Waals surface area (Å²) in [6.07, 6.45) is -0.730. The zero-order chi connectivity index (χ0) is 18.4. The minimum Gasteiger partial charge on any atom is -0.480 e. The topological polar surface area (TPSA) is 99.2 Å². The van der Waals surface area contributed by atoms with Gasteiger partial charge in [0.15, 0.2) is 0 Å². The second-order valence-corrected chi connectivity index (χ2v) is 7.16. The molecule has 2 atom stereocenters. The minimum atomic E-state index is -1.13. The molecule has 0 spiro atoms. The molecule has 8 nitrogen and oxygen atoms in total. The Labute approximate surface area is 145 Å². The largest absolute Gasteiger partial charge is 0.480 e. The van der Waals surface area contributed by atoms with E-state index in [0.717, 1.165) is 10.6 Å². The molecule has 1 aromatic rings. The number of amides is 2. The van der Waals surface area contributed by atoms with Crippen LogP contribution in [0.2, 0.25) is 0 Å². The number of hydrogen-bond donors (Lipinski definition) is 2. The molecular weight excluding hydrogens is 326 g/mol. The van der Waals surface area contributed by atoms with Crippen molar-refractivity contribution in [3.05, 3.63) is 24.3 Å². The van der Waals surface area contributed by atoms with Crippen LogP contribution in [0, 0.1) is 0 Å². The Kier molecular flexibility index (Phi) is 4.06. The third kappa shape index (κ3) is 3.24. The predicted molar refractivity (Wildman–Crippen MR) is 90.6 cm³/mol. The maximum atomic E-state index is 12.4. The van der Waals surface area contributed by atoms with E-state index < -0.39 is 29.7 Å². The summed E-state index contributed by atoms with van der Waals surface area (Å²) < 4.78 is 5.32. The van der Waals surface area contributed by atoms with Crippen molar-refractivity contribution in [2.45, 2.75) is 38.5 Å². The Hall–Kier alpha value is -2.77. The smallest absolute Gasteiger partial charge is 0.411 e. The molecule has 0 bridgehead atoms. The van der Waals surface area contributed by atoms with Gasteiger partial charge in [-0.1, -0.05) is 12.1 Å². The van der Waals surface area contributed by atoms with Gasteiger partial charge in [0.05, 0.1) is 24.5 Å². The lowest BCUT2D eigenvalue weighted by atomic mass is 10.0. The van der Waals surface area contributed by atoms with Gasteiger partial charge in [-0.3, -0.25) is 9.69 Å². The summed E-state index contributed by atoms with van der Waals surface area (Å²) in [5, 5.41) is 12.4. The molecule has 0 aliphatic carbocycles. The molecule has 1 saturated heterocycles. The van der Waals surface area contributed by atoms with Crippen molar-refractivity contribution < 1.29 is 24.2 Å². The van der Waals surface area contributed by atoms with E-state index in [9.17, 15) is 19.5 Å². The van der Waals surface area contributed by atoms with Gasteiger partial charge in [-0.15, -0.1) is 0 Å². The number of para-hydroxylation sites is 2. The lowest BCUT2D eigenvalue weighted by Gasteiger charge is -2.47. The maximum Gasteiger partial charge on any atom is 0.411 e. The van der Waals surface area contributed by atoms with Crippen molar-refractivity contribution in [1.29, 1.82) is 0 Å². The third-order valence-corrected chi connectivity index (χ3v) is 4.18. The number of nitrogens with one attached hydrogen (secondary N) is 1. The van der Waals surface area contributed by atoms with E-state index >= 15 is 0 Å². The number of hydrogen-bond acceptors (Lipinski definition) is 5. The molecular formula is C17H21N3O5. The van der Waals surface area contributed by atoms with E-state index in [1.165, 1.54) is 0 Å². The summed E-state index contributed by atoms with van der Waals surface area (Å²) >= 11 is 0. The number of fused-ring (bicyclic) bond motifs is 3. The zero-order valence-corrected chi connectivity index (χ0v) is 14.4. The summed E-state index contributed by atoms with van der Waals surface area (Å²) in [6, 6.07) is 5.46. The van der Waals surface area contributed by atoms with Crippen LogP contribution in [-0.2, 0) is 14.3 Å². The second kappa shape index (κ2) is 5.94. The van der Waals surface area contributed by atoms with E-state index in [4.69, 9.17) is 4.74 Å². The summed E-state index contributed by atoms with van der Waals surface area (Å²) in [4.78, 5) is 39.5. The van der Waals surface area contributed by atoms with Crippen LogP contribution in [0.4, 0.5) is 16.2 Å². The SMILES string of the molecule is CC(C)(C)OC(=O)N1CC2C(=O)Nc3ccccc3N2CC1C(=O)O. The highest BCUT2D eigenvalue weighted by Gasteiger charge is 2.46. The van der Waals surface area contributed by atoms with Crippen molar-refractivity contribution in [1.82, 2.24) is 4.90 Å². The first-order valence-electron chi connectivity index (χ1n) is 8.06. The number of ether oxygens (including phenoxy) is 1. The predicted octanol–water partition coefficient (Wildman–Crippen LogP) is 1.52. The lowest BCUT2D eigenvalue weighted by Crippen LogP contribution is -2.66. The fraction of sp³-hybridized carbons (Fsp3) is 0.471. The quantitative estimate of drug-likeness (QED) is 0.799.